The summed E-state index contributed by atoms with van der Waals surface area (Å²) >= 11 is 0. The van der Waals surface area contributed by atoms with Crippen molar-refractivity contribution in [2.24, 2.45) is 11.7 Å². The molecule has 78 valence electrons. The van der Waals surface area contributed by atoms with E-state index < -0.39 is 22.0 Å². The molecule has 0 aliphatic rings. The number of hydrogen-bond acceptors (Lipinski definition) is 4. The van der Waals surface area contributed by atoms with E-state index in [-0.39, 0.29) is 11.7 Å². The van der Waals surface area contributed by atoms with E-state index in [1.807, 2.05) is 4.72 Å². The Morgan fingerprint density at radius 1 is 1.46 bits per heavy atom. The highest BCUT2D eigenvalue weighted by Crippen LogP contribution is 1.98. The normalized spacial score (nSPS) is 14.2. The molecule has 0 unspecified atom stereocenters. The van der Waals surface area contributed by atoms with Crippen LogP contribution in [0.2, 0.25) is 0 Å². The molecule has 0 saturated heterocycles. The molecular weight excluding hydrogens is 192 g/mol. The Labute approximate surface area is 78.7 Å². The molecule has 0 spiro atoms. The second kappa shape index (κ2) is 4.57. The van der Waals surface area contributed by atoms with E-state index in [0.717, 1.165) is 0 Å². The predicted molar refractivity (Wildman–Crippen MR) is 50.4 cm³/mol. The second-order valence-corrected chi connectivity index (χ2v) is 5.15. The monoisotopic (exact) mass is 208 g/mol. The Hall–Kier alpha value is -0.620. The van der Waals surface area contributed by atoms with Crippen molar-refractivity contribution in [3.8, 4) is 0 Å². The van der Waals surface area contributed by atoms with Crippen LogP contribution in [-0.2, 0) is 14.8 Å². The maximum Gasteiger partial charge on any atom is 0.250 e. The molecule has 0 heterocycles. The van der Waals surface area contributed by atoms with Crippen LogP contribution in [-0.4, -0.2) is 26.1 Å². The minimum atomic E-state index is -3.48. The quantitative estimate of drug-likeness (QED) is 0.648. The highest BCUT2D eigenvalue weighted by atomic mass is 32.2. The Kier molecular flexibility index (Phi) is 4.35. The van der Waals surface area contributed by atoms with Gasteiger partial charge in [0.05, 0.1) is 11.8 Å². The van der Waals surface area contributed by atoms with Crippen LogP contribution in [0.5, 0.6) is 0 Å². The van der Waals surface area contributed by atoms with Gasteiger partial charge in [-0.05, 0) is 12.8 Å². The molecule has 0 radical (unpaired) electrons. The van der Waals surface area contributed by atoms with Gasteiger partial charge in [0.2, 0.25) is 10.0 Å². The lowest BCUT2D eigenvalue weighted by atomic mass is 10.1. The second-order valence-electron chi connectivity index (χ2n) is 3.14. The molecule has 0 aromatic heterocycles. The zero-order valence-corrected chi connectivity index (χ0v) is 8.89. The van der Waals surface area contributed by atoms with Crippen LogP contribution < -0.4 is 10.5 Å². The predicted octanol–water partition coefficient (Wildman–Crippen LogP) is -0.564. The number of rotatable bonds is 4. The first-order chi connectivity index (χ1) is 5.80. The number of carbonyl (C=O) groups excluding carboxylic acids is 1. The van der Waals surface area contributed by atoms with Crippen LogP contribution in [0.4, 0.5) is 0 Å². The topological polar surface area (TPSA) is 89.3 Å². The Morgan fingerprint density at radius 2 is 1.92 bits per heavy atom. The van der Waals surface area contributed by atoms with Gasteiger partial charge in [-0.25, -0.2) is 8.42 Å². The summed E-state index contributed by atoms with van der Waals surface area (Å²) in [5.41, 5.74) is 5.45. The lowest BCUT2D eigenvalue weighted by molar-refractivity contribution is -0.121. The number of nitrogens with two attached hydrogens (primary N) is 1. The van der Waals surface area contributed by atoms with Crippen molar-refractivity contribution in [2.45, 2.75) is 26.8 Å². The summed E-state index contributed by atoms with van der Waals surface area (Å²) in [6.07, 6.45) is 0. The van der Waals surface area contributed by atoms with E-state index >= 15 is 0 Å². The largest absolute Gasteiger partial charge is 0.320 e. The standard InChI is InChI=1S/C7H16N2O3S/c1-4-13(11,12)9-7(10)6(8)5(2)3/h5-6H,4,8H2,1-3H3,(H,9,10)/t6-/m1/s1. The fourth-order valence-corrected chi connectivity index (χ4v) is 1.18. The summed E-state index contributed by atoms with van der Waals surface area (Å²) in [5, 5.41) is 0. The summed E-state index contributed by atoms with van der Waals surface area (Å²) in [6, 6.07) is -0.777. The van der Waals surface area contributed by atoms with Crippen molar-refractivity contribution in [2.75, 3.05) is 5.75 Å². The number of carbonyl (C=O) groups is 1. The molecular formula is C7H16N2O3S. The van der Waals surface area contributed by atoms with Gasteiger partial charge in [-0.3, -0.25) is 9.52 Å². The van der Waals surface area contributed by atoms with Crippen molar-refractivity contribution in [3.05, 3.63) is 0 Å². The molecule has 0 aliphatic heterocycles. The van der Waals surface area contributed by atoms with Crippen molar-refractivity contribution in [1.29, 1.82) is 0 Å². The van der Waals surface area contributed by atoms with Gasteiger partial charge in [0.1, 0.15) is 0 Å². The summed E-state index contributed by atoms with van der Waals surface area (Å²) in [7, 11) is -3.48. The fraction of sp³-hybridized carbons (Fsp3) is 0.857. The van der Waals surface area contributed by atoms with Crippen molar-refractivity contribution in [3.63, 3.8) is 0 Å². The first kappa shape index (κ1) is 12.4. The molecule has 0 aromatic rings. The van der Waals surface area contributed by atoms with Crippen molar-refractivity contribution < 1.29 is 13.2 Å². The SMILES string of the molecule is CCS(=O)(=O)NC(=O)[C@H](N)C(C)C. The minimum Gasteiger partial charge on any atom is -0.320 e. The average Bonchev–Trinajstić information content (AvgIpc) is 2.02. The van der Waals surface area contributed by atoms with Crippen molar-refractivity contribution in [1.82, 2.24) is 4.72 Å². The van der Waals surface area contributed by atoms with Gasteiger partial charge in [-0.1, -0.05) is 13.8 Å². The Balaban J connectivity index is 4.33. The molecule has 13 heavy (non-hydrogen) atoms. The number of amides is 1. The molecule has 3 N–H and O–H groups in total. The number of sulfonamides is 1. The van der Waals surface area contributed by atoms with E-state index in [1.54, 1.807) is 13.8 Å². The molecule has 6 heteroatoms. The number of hydrogen-bond donors (Lipinski definition) is 2. The highest BCUT2D eigenvalue weighted by Gasteiger charge is 2.21. The maximum atomic E-state index is 11.1. The van der Waals surface area contributed by atoms with Gasteiger partial charge in [0.25, 0.3) is 5.91 Å². The first-order valence-corrected chi connectivity index (χ1v) is 5.75. The van der Waals surface area contributed by atoms with Crippen LogP contribution >= 0.6 is 0 Å². The Morgan fingerprint density at radius 3 is 2.23 bits per heavy atom. The third-order valence-electron chi connectivity index (χ3n) is 1.66. The molecule has 5 nitrogen and oxygen atoms in total. The van der Waals surface area contributed by atoms with E-state index in [1.165, 1.54) is 6.92 Å². The molecule has 0 fully saturated rings. The van der Waals surface area contributed by atoms with E-state index in [9.17, 15) is 13.2 Å². The smallest absolute Gasteiger partial charge is 0.250 e. The maximum absolute atomic E-state index is 11.1. The molecule has 1 amide bonds. The van der Waals surface area contributed by atoms with Crippen LogP contribution in [0.3, 0.4) is 0 Å². The minimum absolute atomic E-state index is 0.0768. The van der Waals surface area contributed by atoms with E-state index in [2.05, 4.69) is 0 Å². The van der Waals surface area contributed by atoms with Crippen LogP contribution in [0.1, 0.15) is 20.8 Å². The molecule has 1 atom stereocenters. The van der Waals surface area contributed by atoms with Crippen LogP contribution in [0, 0.1) is 5.92 Å². The molecule has 0 aromatic carbocycles. The van der Waals surface area contributed by atoms with E-state index in [4.69, 9.17) is 5.73 Å². The molecule has 0 aliphatic carbocycles. The summed E-state index contributed by atoms with van der Waals surface area (Å²) < 4.78 is 23.8. The summed E-state index contributed by atoms with van der Waals surface area (Å²) in [6.45, 7) is 4.96. The average molecular weight is 208 g/mol. The van der Waals surface area contributed by atoms with Gasteiger partial charge in [-0.2, -0.15) is 0 Å². The molecule has 0 rings (SSSR count). The van der Waals surface area contributed by atoms with E-state index in [0.29, 0.717) is 0 Å². The molecule has 0 bridgehead atoms. The summed E-state index contributed by atoms with van der Waals surface area (Å²) in [4.78, 5) is 11.1. The third kappa shape index (κ3) is 4.23. The van der Waals surface area contributed by atoms with Gasteiger partial charge in [0, 0.05) is 0 Å². The van der Waals surface area contributed by atoms with Crippen LogP contribution in [0.25, 0.3) is 0 Å². The van der Waals surface area contributed by atoms with Crippen LogP contribution in [0.15, 0.2) is 0 Å². The van der Waals surface area contributed by atoms with Gasteiger partial charge >= 0.3 is 0 Å². The van der Waals surface area contributed by atoms with Gasteiger partial charge in [-0.15, -0.1) is 0 Å². The lowest BCUT2D eigenvalue weighted by Crippen LogP contribution is -2.46. The van der Waals surface area contributed by atoms with Gasteiger partial charge in [0.15, 0.2) is 0 Å². The Bertz CT molecular complexity index is 271. The third-order valence-corrected chi connectivity index (χ3v) is 2.93. The highest BCUT2D eigenvalue weighted by molar-refractivity contribution is 7.90. The summed E-state index contributed by atoms with van der Waals surface area (Å²) in [5.74, 6) is -0.840. The molecule has 0 saturated carbocycles. The zero-order chi connectivity index (χ0) is 10.6. The first-order valence-electron chi connectivity index (χ1n) is 4.10. The fourth-order valence-electron chi connectivity index (χ4n) is 0.596. The van der Waals surface area contributed by atoms with Gasteiger partial charge < -0.3 is 5.73 Å². The zero-order valence-electron chi connectivity index (χ0n) is 8.07. The number of nitrogens with one attached hydrogen (secondary N) is 1. The lowest BCUT2D eigenvalue weighted by Gasteiger charge is -2.14. The van der Waals surface area contributed by atoms with Crippen molar-refractivity contribution >= 4 is 15.9 Å².